The standard InChI is InChI=1S/C25H31ClN4O4/c26-21-13-24-23(33-17-34-24)12-19(21)15-28-7-5-20-3-4-25(31)30(20)16-22(18-2-1-6-27-14-18)29-8-10-32-11-9-29/h1-2,6,12-14,20,22,28H,3-5,7-11,15-17H2/t20-,22+/m0/s1. The summed E-state index contributed by atoms with van der Waals surface area (Å²) in [7, 11) is 0. The minimum absolute atomic E-state index is 0.127. The zero-order valence-electron chi connectivity index (χ0n) is 19.2. The molecule has 182 valence electrons. The number of carbonyl (C=O) groups excluding carboxylic acids is 1. The highest BCUT2D eigenvalue weighted by molar-refractivity contribution is 6.31. The number of hydrogen-bond donors (Lipinski definition) is 1. The van der Waals surface area contributed by atoms with Gasteiger partial charge >= 0.3 is 0 Å². The molecule has 2 atom stereocenters. The van der Waals surface area contributed by atoms with Gasteiger partial charge in [0.1, 0.15) is 0 Å². The molecule has 1 N–H and O–H groups in total. The van der Waals surface area contributed by atoms with E-state index in [1.165, 1.54) is 0 Å². The van der Waals surface area contributed by atoms with Gasteiger partial charge in [-0.15, -0.1) is 0 Å². The van der Waals surface area contributed by atoms with Crippen LogP contribution in [0.1, 0.15) is 36.4 Å². The molecule has 9 heteroatoms. The molecule has 3 aliphatic heterocycles. The lowest BCUT2D eigenvalue weighted by molar-refractivity contribution is -0.130. The number of morpholine rings is 1. The van der Waals surface area contributed by atoms with Crippen molar-refractivity contribution >= 4 is 17.5 Å². The van der Waals surface area contributed by atoms with Gasteiger partial charge in [-0.1, -0.05) is 17.7 Å². The highest BCUT2D eigenvalue weighted by Crippen LogP contribution is 2.36. The van der Waals surface area contributed by atoms with Gasteiger partial charge in [-0.2, -0.15) is 0 Å². The lowest BCUT2D eigenvalue weighted by atomic mass is 10.0. The molecule has 0 aliphatic carbocycles. The highest BCUT2D eigenvalue weighted by atomic mass is 35.5. The number of nitrogens with one attached hydrogen (secondary N) is 1. The Morgan fingerprint density at radius 1 is 1.21 bits per heavy atom. The number of likely N-dealkylation sites (tertiary alicyclic amines) is 1. The average Bonchev–Trinajstić information content (AvgIpc) is 3.47. The number of amides is 1. The van der Waals surface area contributed by atoms with Crippen LogP contribution in [0.25, 0.3) is 0 Å². The first-order chi connectivity index (χ1) is 16.7. The van der Waals surface area contributed by atoms with Crippen LogP contribution in [-0.4, -0.2) is 72.9 Å². The Hall–Kier alpha value is -2.39. The lowest BCUT2D eigenvalue weighted by Gasteiger charge is -2.38. The Balaban J connectivity index is 1.19. The SMILES string of the molecule is O=C1CC[C@@H](CCNCc2cc3c(cc2Cl)OCO3)N1C[C@H](c1cccnc1)N1CCOCC1. The van der Waals surface area contributed by atoms with Gasteiger partial charge in [0.15, 0.2) is 11.5 Å². The Labute approximate surface area is 205 Å². The predicted octanol–water partition coefficient (Wildman–Crippen LogP) is 3.01. The Bertz CT molecular complexity index is 986. The molecule has 0 radical (unpaired) electrons. The van der Waals surface area contributed by atoms with Crippen LogP contribution in [0.3, 0.4) is 0 Å². The molecular formula is C25H31ClN4O4. The second-order valence-electron chi connectivity index (χ2n) is 8.95. The van der Waals surface area contributed by atoms with Gasteiger partial charge in [0.2, 0.25) is 12.7 Å². The maximum absolute atomic E-state index is 12.8. The van der Waals surface area contributed by atoms with Crippen molar-refractivity contribution in [2.24, 2.45) is 0 Å². The van der Waals surface area contributed by atoms with E-state index in [2.05, 4.69) is 26.2 Å². The smallest absolute Gasteiger partial charge is 0.231 e. The molecule has 2 aromatic rings. The summed E-state index contributed by atoms with van der Waals surface area (Å²) in [6.45, 7) is 5.54. The number of hydrogen-bond acceptors (Lipinski definition) is 7. The van der Waals surface area contributed by atoms with Crippen molar-refractivity contribution in [3.05, 3.63) is 52.8 Å². The molecule has 0 unspecified atom stereocenters. The van der Waals surface area contributed by atoms with Gasteiger partial charge in [0.25, 0.3) is 0 Å². The van der Waals surface area contributed by atoms with Crippen LogP contribution in [0.5, 0.6) is 11.5 Å². The number of benzene rings is 1. The van der Waals surface area contributed by atoms with E-state index in [9.17, 15) is 4.79 Å². The van der Waals surface area contributed by atoms with Gasteiger partial charge < -0.3 is 24.4 Å². The van der Waals surface area contributed by atoms with E-state index in [-0.39, 0.29) is 24.8 Å². The molecule has 0 bridgehead atoms. The molecule has 5 rings (SSSR count). The monoisotopic (exact) mass is 486 g/mol. The van der Waals surface area contributed by atoms with E-state index in [4.69, 9.17) is 25.8 Å². The van der Waals surface area contributed by atoms with Crippen molar-refractivity contribution in [3.63, 3.8) is 0 Å². The van der Waals surface area contributed by atoms with Crippen molar-refractivity contribution < 1.29 is 19.0 Å². The van der Waals surface area contributed by atoms with Crippen molar-refractivity contribution in [3.8, 4) is 11.5 Å². The molecular weight excluding hydrogens is 456 g/mol. The first-order valence-electron chi connectivity index (χ1n) is 12.0. The van der Waals surface area contributed by atoms with E-state index >= 15 is 0 Å². The normalized spacial score (nSPS) is 21.3. The topological polar surface area (TPSA) is 76.2 Å². The molecule has 1 aromatic carbocycles. The zero-order valence-corrected chi connectivity index (χ0v) is 20.0. The fraction of sp³-hybridized carbons (Fsp3) is 0.520. The summed E-state index contributed by atoms with van der Waals surface area (Å²) in [5.74, 6) is 1.67. The molecule has 3 aliphatic rings. The van der Waals surface area contributed by atoms with E-state index in [1.54, 1.807) is 6.20 Å². The fourth-order valence-corrected chi connectivity index (χ4v) is 5.23. The van der Waals surface area contributed by atoms with Crippen LogP contribution in [0.15, 0.2) is 36.7 Å². The van der Waals surface area contributed by atoms with Crippen LogP contribution in [0, 0.1) is 0 Å². The summed E-state index contributed by atoms with van der Waals surface area (Å²) in [5.41, 5.74) is 2.13. The molecule has 0 spiro atoms. The Kier molecular flexibility index (Phi) is 7.49. The molecule has 2 fully saturated rings. The maximum atomic E-state index is 12.8. The minimum atomic E-state index is 0.127. The number of nitrogens with zero attached hydrogens (tertiary/aromatic N) is 3. The number of rotatable bonds is 9. The molecule has 2 saturated heterocycles. The minimum Gasteiger partial charge on any atom is -0.454 e. The van der Waals surface area contributed by atoms with Crippen LogP contribution in [0.4, 0.5) is 0 Å². The third kappa shape index (κ3) is 5.30. The van der Waals surface area contributed by atoms with Crippen molar-refractivity contribution in [1.29, 1.82) is 0 Å². The summed E-state index contributed by atoms with van der Waals surface area (Å²) >= 11 is 6.40. The fourth-order valence-electron chi connectivity index (χ4n) is 5.01. The highest BCUT2D eigenvalue weighted by Gasteiger charge is 2.34. The number of halogens is 1. The van der Waals surface area contributed by atoms with Gasteiger partial charge in [0, 0.05) is 62.1 Å². The van der Waals surface area contributed by atoms with Crippen molar-refractivity contribution in [1.82, 2.24) is 20.1 Å². The van der Waals surface area contributed by atoms with Crippen molar-refractivity contribution in [2.45, 2.75) is 37.9 Å². The second kappa shape index (κ2) is 10.9. The first-order valence-corrected chi connectivity index (χ1v) is 12.4. The number of pyridine rings is 1. The van der Waals surface area contributed by atoms with Crippen LogP contribution in [-0.2, 0) is 16.1 Å². The number of ether oxygens (including phenoxy) is 3. The maximum Gasteiger partial charge on any atom is 0.231 e. The summed E-state index contributed by atoms with van der Waals surface area (Å²) in [6, 6.07) is 8.18. The van der Waals surface area contributed by atoms with Crippen molar-refractivity contribution in [2.75, 3.05) is 46.2 Å². The van der Waals surface area contributed by atoms with Gasteiger partial charge in [0.05, 0.1) is 19.3 Å². The molecule has 0 saturated carbocycles. The van der Waals surface area contributed by atoms with E-state index < -0.39 is 0 Å². The predicted molar refractivity (Wildman–Crippen MR) is 128 cm³/mol. The number of carbonyl (C=O) groups is 1. The molecule has 34 heavy (non-hydrogen) atoms. The summed E-state index contributed by atoms with van der Waals surface area (Å²) in [6.07, 6.45) is 6.13. The quantitative estimate of drug-likeness (QED) is 0.546. The van der Waals surface area contributed by atoms with Gasteiger partial charge in [-0.05, 0) is 42.6 Å². The first kappa shape index (κ1) is 23.4. The third-order valence-electron chi connectivity index (χ3n) is 6.89. The summed E-state index contributed by atoms with van der Waals surface area (Å²) in [5, 5.41) is 4.15. The van der Waals surface area contributed by atoms with Crippen LogP contribution < -0.4 is 14.8 Å². The summed E-state index contributed by atoms with van der Waals surface area (Å²) in [4.78, 5) is 21.7. The third-order valence-corrected chi connectivity index (χ3v) is 7.24. The Morgan fingerprint density at radius 3 is 2.82 bits per heavy atom. The lowest BCUT2D eigenvalue weighted by Crippen LogP contribution is -2.46. The number of fused-ring (bicyclic) bond motifs is 1. The zero-order chi connectivity index (χ0) is 23.3. The van der Waals surface area contributed by atoms with E-state index in [1.807, 2.05) is 24.4 Å². The number of aromatic nitrogens is 1. The van der Waals surface area contributed by atoms with Crippen LogP contribution >= 0.6 is 11.6 Å². The van der Waals surface area contributed by atoms with E-state index in [0.717, 1.165) is 62.6 Å². The molecule has 8 nitrogen and oxygen atoms in total. The van der Waals surface area contributed by atoms with E-state index in [0.29, 0.717) is 30.3 Å². The van der Waals surface area contributed by atoms with Gasteiger partial charge in [-0.25, -0.2) is 0 Å². The molecule has 4 heterocycles. The largest absolute Gasteiger partial charge is 0.454 e. The average molecular weight is 487 g/mol. The Morgan fingerprint density at radius 2 is 2.03 bits per heavy atom. The molecule has 1 amide bonds. The van der Waals surface area contributed by atoms with Gasteiger partial charge in [-0.3, -0.25) is 14.7 Å². The van der Waals surface area contributed by atoms with Crippen LogP contribution in [0.2, 0.25) is 5.02 Å². The summed E-state index contributed by atoms with van der Waals surface area (Å²) < 4.78 is 16.4. The second-order valence-corrected chi connectivity index (χ2v) is 9.36. The molecule has 1 aromatic heterocycles.